The first kappa shape index (κ1) is 21.1. The zero-order chi connectivity index (χ0) is 21.0. The fourth-order valence-electron chi connectivity index (χ4n) is 5.24. The number of hydrogen-bond acceptors (Lipinski definition) is 4. The summed E-state index contributed by atoms with van der Waals surface area (Å²) in [6.45, 7) is 4.55. The molecule has 1 saturated carbocycles. The molecule has 0 bridgehead atoms. The average Bonchev–Trinajstić information content (AvgIpc) is 3.34. The SMILES string of the molecule is CNCCN(C)Cc1cn[nH]c1C1CCC2(CC1)CCN(Cc1ccccc1)C2=O. The van der Waals surface area contributed by atoms with Crippen molar-refractivity contribution in [3.05, 3.63) is 53.3 Å². The van der Waals surface area contributed by atoms with Gasteiger partial charge in [0.05, 0.1) is 11.6 Å². The van der Waals surface area contributed by atoms with Crippen molar-refractivity contribution >= 4 is 5.91 Å². The predicted molar refractivity (Wildman–Crippen MR) is 119 cm³/mol. The van der Waals surface area contributed by atoms with E-state index in [-0.39, 0.29) is 5.41 Å². The molecule has 1 spiro atoms. The van der Waals surface area contributed by atoms with Gasteiger partial charge < -0.3 is 15.1 Å². The van der Waals surface area contributed by atoms with Crippen LogP contribution in [-0.2, 0) is 17.9 Å². The van der Waals surface area contributed by atoms with Crippen LogP contribution in [-0.4, -0.2) is 59.6 Å². The van der Waals surface area contributed by atoms with Crippen molar-refractivity contribution in [1.29, 1.82) is 0 Å². The molecule has 162 valence electrons. The summed E-state index contributed by atoms with van der Waals surface area (Å²) in [5.41, 5.74) is 3.68. The molecule has 2 N–H and O–H groups in total. The number of rotatable bonds is 8. The Morgan fingerprint density at radius 2 is 2.00 bits per heavy atom. The Bertz CT molecular complexity index is 825. The fourth-order valence-corrected chi connectivity index (χ4v) is 5.24. The van der Waals surface area contributed by atoms with Crippen LogP contribution in [0.5, 0.6) is 0 Å². The number of aromatic nitrogens is 2. The molecule has 6 nitrogen and oxygen atoms in total. The van der Waals surface area contributed by atoms with Gasteiger partial charge in [-0.1, -0.05) is 30.3 Å². The Labute approximate surface area is 180 Å². The largest absolute Gasteiger partial charge is 0.338 e. The second-order valence-corrected chi connectivity index (χ2v) is 9.17. The zero-order valence-corrected chi connectivity index (χ0v) is 18.4. The molecule has 30 heavy (non-hydrogen) atoms. The number of likely N-dealkylation sites (tertiary alicyclic amines) is 1. The molecule has 2 fully saturated rings. The molecule has 2 heterocycles. The Kier molecular flexibility index (Phi) is 6.54. The van der Waals surface area contributed by atoms with Crippen molar-refractivity contribution in [1.82, 2.24) is 25.3 Å². The second kappa shape index (κ2) is 9.31. The third kappa shape index (κ3) is 4.44. The smallest absolute Gasteiger partial charge is 0.229 e. The van der Waals surface area contributed by atoms with Crippen molar-refractivity contribution in [3.8, 4) is 0 Å². The van der Waals surface area contributed by atoms with Gasteiger partial charge in [0.25, 0.3) is 0 Å². The summed E-state index contributed by atoms with van der Waals surface area (Å²) in [6.07, 6.45) is 7.12. The summed E-state index contributed by atoms with van der Waals surface area (Å²) >= 11 is 0. The lowest BCUT2D eigenvalue weighted by atomic mass is 9.68. The minimum atomic E-state index is -0.130. The minimum absolute atomic E-state index is 0.130. The van der Waals surface area contributed by atoms with Gasteiger partial charge in [-0.2, -0.15) is 5.10 Å². The monoisotopic (exact) mass is 409 g/mol. The van der Waals surface area contributed by atoms with E-state index < -0.39 is 0 Å². The molecule has 0 unspecified atom stereocenters. The van der Waals surface area contributed by atoms with Gasteiger partial charge in [-0.15, -0.1) is 0 Å². The maximum Gasteiger partial charge on any atom is 0.229 e. The van der Waals surface area contributed by atoms with Crippen molar-refractivity contribution in [3.63, 3.8) is 0 Å². The lowest BCUT2D eigenvalue weighted by Gasteiger charge is -2.36. The maximum absolute atomic E-state index is 13.3. The van der Waals surface area contributed by atoms with E-state index in [2.05, 4.69) is 56.6 Å². The number of carbonyl (C=O) groups is 1. The normalized spacial score (nSPS) is 24.3. The molecule has 2 aliphatic rings. The van der Waals surface area contributed by atoms with Crippen LogP contribution in [0.15, 0.2) is 36.5 Å². The van der Waals surface area contributed by atoms with Crippen molar-refractivity contribution in [2.75, 3.05) is 33.7 Å². The Hall–Kier alpha value is -2.18. The number of amides is 1. The van der Waals surface area contributed by atoms with Crippen LogP contribution in [0.1, 0.15) is 54.8 Å². The van der Waals surface area contributed by atoms with E-state index in [4.69, 9.17) is 0 Å². The minimum Gasteiger partial charge on any atom is -0.338 e. The highest BCUT2D eigenvalue weighted by Gasteiger charge is 2.48. The van der Waals surface area contributed by atoms with Crippen LogP contribution in [0.3, 0.4) is 0 Å². The first-order chi connectivity index (χ1) is 14.6. The van der Waals surface area contributed by atoms with Crippen molar-refractivity contribution in [2.24, 2.45) is 5.41 Å². The van der Waals surface area contributed by atoms with E-state index >= 15 is 0 Å². The molecule has 1 aliphatic heterocycles. The number of benzene rings is 1. The van der Waals surface area contributed by atoms with E-state index in [1.165, 1.54) is 16.8 Å². The summed E-state index contributed by atoms with van der Waals surface area (Å²) in [6, 6.07) is 10.4. The van der Waals surface area contributed by atoms with Crippen LogP contribution in [0, 0.1) is 5.41 Å². The number of H-pyrrole nitrogens is 1. The molecule has 0 radical (unpaired) electrons. The molecule has 1 aromatic carbocycles. The number of nitrogens with zero attached hydrogens (tertiary/aromatic N) is 3. The molecular formula is C24H35N5O. The van der Waals surface area contributed by atoms with Gasteiger partial charge in [-0.3, -0.25) is 9.89 Å². The molecule has 4 rings (SSSR count). The van der Waals surface area contributed by atoms with Crippen LogP contribution >= 0.6 is 0 Å². The fraction of sp³-hybridized carbons (Fsp3) is 0.583. The summed E-state index contributed by atoms with van der Waals surface area (Å²) < 4.78 is 0. The summed E-state index contributed by atoms with van der Waals surface area (Å²) in [5.74, 6) is 0.864. The second-order valence-electron chi connectivity index (χ2n) is 9.17. The molecule has 6 heteroatoms. The van der Waals surface area contributed by atoms with Crippen molar-refractivity contribution in [2.45, 2.75) is 51.1 Å². The van der Waals surface area contributed by atoms with Crippen LogP contribution in [0.2, 0.25) is 0 Å². The van der Waals surface area contributed by atoms with Gasteiger partial charge in [-0.05, 0) is 51.8 Å². The molecule has 2 aromatic rings. The standard InChI is InChI=1S/C24H35N5O/c1-25-13-15-28(2)18-21-16-26-27-22(21)20-8-10-24(11-9-20)12-14-29(23(24)30)17-19-6-4-3-5-7-19/h3-7,16,20,25H,8-15,17-18H2,1-2H3,(H,26,27). The third-order valence-corrected chi connectivity index (χ3v) is 7.10. The Balaban J connectivity index is 1.35. The lowest BCUT2D eigenvalue weighted by molar-refractivity contribution is -0.138. The van der Waals surface area contributed by atoms with E-state index in [1.54, 1.807) is 0 Å². The number of aromatic amines is 1. The highest BCUT2D eigenvalue weighted by Crippen LogP contribution is 2.49. The van der Waals surface area contributed by atoms with Gasteiger partial charge in [0.2, 0.25) is 5.91 Å². The van der Waals surface area contributed by atoms with Crippen LogP contribution < -0.4 is 5.32 Å². The first-order valence-electron chi connectivity index (χ1n) is 11.3. The number of likely N-dealkylation sites (N-methyl/N-ethyl adjacent to an activating group) is 2. The topological polar surface area (TPSA) is 64.3 Å². The maximum atomic E-state index is 13.3. The highest BCUT2D eigenvalue weighted by atomic mass is 16.2. The summed E-state index contributed by atoms with van der Waals surface area (Å²) in [7, 11) is 4.14. The molecular weight excluding hydrogens is 374 g/mol. The highest BCUT2D eigenvalue weighted by molar-refractivity contribution is 5.85. The van der Waals surface area contributed by atoms with Gasteiger partial charge in [0.15, 0.2) is 0 Å². The molecule has 1 aromatic heterocycles. The summed E-state index contributed by atoms with van der Waals surface area (Å²) in [4.78, 5) is 17.7. The lowest BCUT2D eigenvalue weighted by Crippen LogP contribution is -2.37. The molecule has 1 amide bonds. The van der Waals surface area contributed by atoms with Crippen LogP contribution in [0.25, 0.3) is 0 Å². The quantitative estimate of drug-likeness (QED) is 0.703. The average molecular weight is 410 g/mol. The molecule has 1 aliphatic carbocycles. The Morgan fingerprint density at radius 1 is 1.23 bits per heavy atom. The summed E-state index contributed by atoms with van der Waals surface area (Å²) in [5, 5.41) is 10.8. The van der Waals surface area contributed by atoms with E-state index in [1.807, 2.05) is 19.3 Å². The van der Waals surface area contributed by atoms with Crippen LogP contribution in [0.4, 0.5) is 0 Å². The molecule has 0 atom stereocenters. The van der Waals surface area contributed by atoms with Gasteiger partial charge in [0, 0.05) is 49.9 Å². The zero-order valence-electron chi connectivity index (χ0n) is 18.4. The van der Waals surface area contributed by atoms with E-state index in [9.17, 15) is 4.79 Å². The van der Waals surface area contributed by atoms with Gasteiger partial charge >= 0.3 is 0 Å². The molecule has 1 saturated heterocycles. The first-order valence-corrected chi connectivity index (χ1v) is 11.3. The van der Waals surface area contributed by atoms with Gasteiger partial charge in [0.1, 0.15) is 0 Å². The number of nitrogens with one attached hydrogen (secondary N) is 2. The van der Waals surface area contributed by atoms with E-state index in [0.717, 1.165) is 64.8 Å². The third-order valence-electron chi connectivity index (χ3n) is 7.10. The predicted octanol–water partition coefficient (Wildman–Crippen LogP) is 3.14. The van der Waals surface area contributed by atoms with E-state index in [0.29, 0.717) is 11.8 Å². The van der Waals surface area contributed by atoms with Gasteiger partial charge in [-0.25, -0.2) is 0 Å². The number of hydrogen-bond donors (Lipinski definition) is 2. The Morgan fingerprint density at radius 3 is 2.73 bits per heavy atom. The van der Waals surface area contributed by atoms with Crippen molar-refractivity contribution < 1.29 is 4.79 Å². The number of carbonyl (C=O) groups excluding carboxylic acids is 1.